The molecule has 1 aromatic rings. The van der Waals surface area contributed by atoms with Crippen LogP contribution in [0.2, 0.25) is 0 Å². The van der Waals surface area contributed by atoms with E-state index in [2.05, 4.69) is 4.90 Å². The predicted molar refractivity (Wildman–Crippen MR) is 84.9 cm³/mol. The van der Waals surface area contributed by atoms with Gasteiger partial charge in [-0.15, -0.1) is 3.89 Å². The highest BCUT2D eigenvalue weighted by Crippen LogP contribution is 2.20. The van der Waals surface area contributed by atoms with Crippen LogP contribution in [0.1, 0.15) is 30.4 Å². The average Bonchev–Trinajstić information content (AvgIpc) is 2.73. The highest BCUT2D eigenvalue weighted by Gasteiger charge is 2.22. The molecular weight excluding hydrogens is 305 g/mol. The summed E-state index contributed by atoms with van der Waals surface area (Å²) in [5, 5.41) is 0. The van der Waals surface area contributed by atoms with Gasteiger partial charge >= 0.3 is 10.2 Å². The van der Waals surface area contributed by atoms with E-state index in [0.29, 0.717) is 13.2 Å². The molecule has 1 aliphatic heterocycles. The minimum absolute atomic E-state index is 0.220. The molecule has 22 heavy (non-hydrogen) atoms. The van der Waals surface area contributed by atoms with Crippen molar-refractivity contribution in [1.82, 2.24) is 4.90 Å². The minimum atomic E-state index is -4.44. The molecule has 0 aliphatic carbocycles. The number of halogens is 1. The van der Waals surface area contributed by atoms with E-state index in [9.17, 15) is 12.3 Å². The summed E-state index contributed by atoms with van der Waals surface area (Å²) in [4.78, 5) is 2.09. The third-order valence-corrected chi connectivity index (χ3v) is 4.87. The van der Waals surface area contributed by atoms with E-state index in [4.69, 9.17) is 4.74 Å². The first-order valence-corrected chi connectivity index (χ1v) is 9.29. The molecule has 1 aliphatic rings. The molecule has 0 aromatic heterocycles. The van der Waals surface area contributed by atoms with E-state index in [1.807, 2.05) is 31.2 Å². The lowest BCUT2D eigenvalue weighted by Crippen LogP contribution is -2.38. The predicted octanol–water partition coefficient (Wildman–Crippen LogP) is 2.67. The van der Waals surface area contributed by atoms with Gasteiger partial charge in [0.1, 0.15) is 0 Å². The van der Waals surface area contributed by atoms with Gasteiger partial charge in [0.25, 0.3) is 0 Å². The zero-order valence-corrected chi connectivity index (χ0v) is 13.8. The normalized spacial score (nSPS) is 20.0. The molecule has 0 bridgehead atoms. The van der Waals surface area contributed by atoms with Crippen LogP contribution in [0, 0.1) is 6.92 Å². The molecule has 1 saturated heterocycles. The number of aryl methyl sites for hydroxylation is 1. The molecule has 1 aromatic carbocycles. The van der Waals surface area contributed by atoms with Crippen LogP contribution in [-0.2, 0) is 21.5 Å². The molecule has 0 N–H and O–H groups in total. The minimum Gasteiger partial charge on any atom is -0.381 e. The fourth-order valence-electron chi connectivity index (χ4n) is 2.88. The van der Waals surface area contributed by atoms with Crippen LogP contribution in [-0.4, -0.2) is 44.9 Å². The Morgan fingerprint density at radius 2 is 2.05 bits per heavy atom. The zero-order chi connectivity index (χ0) is 16.0. The Kier molecular flexibility index (Phi) is 6.35. The summed E-state index contributed by atoms with van der Waals surface area (Å²) < 4.78 is 40.2. The molecule has 124 valence electrons. The Morgan fingerprint density at radius 3 is 2.77 bits per heavy atom. The lowest BCUT2D eigenvalue weighted by atomic mass is 10.0. The van der Waals surface area contributed by atoms with Gasteiger partial charge in [-0.1, -0.05) is 24.3 Å². The highest BCUT2D eigenvalue weighted by molar-refractivity contribution is 7.86. The van der Waals surface area contributed by atoms with Crippen molar-refractivity contribution in [1.29, 1.82) is 0 Å². The quantitative estimate of drug-likeness (QED) is 0.753. The largest absolute Gasteiger partial charge is 0.381 e. The summed E-state index contributed by atoms with van der Waals surface area (Å²) in [6.07, 6.45) is 2.77. The standard InChI is InChI=1S/C16H24FNO3S/c1-14-5-2-3-6-15(14)13-18(9-12-22(17,19)20)16-7-4-10-21-11-8-16/h2-3,5-6,16H,4,7-13H2,1H3. The topological polar surface area (TPSA) is 46.6 Å². The summed E-state index contributed by atoms with van der Waals surface area (Å²) in [5.74, 6) is -0.448. The van der Waals surface area contributed by atoms with Crippen LogP contribution in [0.5, 0.6) is 0 Å². The third kappa shape index (κ3) is 5.66. The van der Waals surface area contributed by atoms with Crippen molar-refractivity contribution in [3.8, 4) is 0 Å². The first-order chi connectivity index (χ1) is 10.5. The Hall–Kier alpha value is -0.980. The van der Waals surface area contributed by atoms with Gasteiger partial charge in [0.2, 0.25) is 0 Å². The fraction of sp³-hybridized carbons (Fsp3) is 0.625. The lowest BCUT2D eigenvalue weighted by molar-refractivity contribution is 0.128. The summed E-state index contributed by atoms with van der Waals surface area (Å²) >= 11 is 0. The van der Waals surface area contributed by atoms with Crippen LogP contribution >= 0.6 is 0 Å². The van der Waals surface area contributed by atoms with Crippen LogP contribution in [0.15, 0.2) is 24.3 Å². The van der Waals surface area contributed by atoms with Crippen molar-refractivity contribution in [3.63, 3.8) is 0 Å². The molecule has 1 fully saturated rings. The second-order valence-corrected chi connectivity index (χ2v) is 7.32. The molecule has 0 saturated carbocycles. The van der Waals surface area contributed by atoms with Gasteiger partial charge in [0, 0.05) is 32.3 Å². The highest BCUT2D eigenvalue weighted by atomic mass is 32.3. The van der Waals surface area contributed by atoms with Crippen LogP contribution in [0.4, 0.5) is 3.89 Å². The molecule has 1 unspecified atom stereocenters. The SMILES string of the molecule is Cc1ccccc1CN(CCS(=O)(=O)F)C1CCCOCC1. The summed E-state index contributed by atoms with van der Waals surface area (Å²) in [7, 11) is -4.44. The molecule has 4 nitrogen and oxygen atoms in total. The molecular formula is C16H24FNO3S. The van der Waals surface area contributed by atoms with E-state index in [1.165, 1.54) is 5.56 Å². The van der Waals surface area contributed by atoms with Crippen molar-refractivity contribution in [2.24, 2.45) is 0 Å². The first-order valence-electron chi connectivity index (χ1n) is 7.74. The second-order valence-electron chi connectivity index (χ2n) is 5.84. The Morgan fingerprint density at radius 1 is 1.27 bits per heavy atom. The number of benzene rings is 1. The van der Waals surface area contributed by atoms with Crippen molar-refractivity contribution in [2.75, 3.05) is 25.5 Å². The number of hydrogen-bond acceptors (Lipinski definition) is 4. The van der Waals surface area contributed by atoms with Gasteiger partial charge < -0.3 is 4.74 Å². The number of ether oxygens (including phenoxy) is 1. The summed E-state index contributed by atoms with van der Waals surface area (Å²) in [5.41, 5.74) is 2.32. The van der Waals surface area contributed by atoms with Crippen molar-refractivity contribution in [3.05, 3.63) is 35.4 Å². The smallest absolute Gasteiger partial charge is 0.303 e. The molecule has 0 amide bonds. The molecule has 0 spiro atoms. The van der Waals surface area contributed by atoms with Gasteiger partial charge in [-0.3, -0.25) is 4.90 Å². The Labute approximate surface area is 132 Å². The van der Waals surface area contributed by atoms with E-state index in [1.54, 1.807) is 0 Å². The Balaban J connectivity index is 2.11. The van der Waals surface area contributed by atoms with Gasteiger partial charge in [-0.05, 0) is 37.3 Å². The number of hydrogen-bond donors (Lipinski definition) is 0. The average molecular weight is 329 g/mol. The lowest BCUT2D eigenvalue weighted by Gasteiger charge is -2.31. The van der Waals surface area contributed by atoms with Gasteiger partial charge in [-0.2, -0.15) is 8.42 Å². The fourth-order valence-corrected chi connectivity index (χ4v) is 3.33. The first kappa shape index (κ1) is 17.4. The molecule has 1 atom stereocenters. The van der Waals surface area contributed by atoms with Gasteiger partial charge in [0.05, 0.1) is 5.75 Å². The van der Waals surface area contributed by atoms with Crippen molar-refractivity contribution in [2.45, 2.75) is 38.8 Å². The third-order valence-electron chi connectivity index (χ3n) is 4.19. The maximum Gasteiger partial charge on any atom is 0.303 e. The van der Waals surface area contributed by atoms with Crippen LogP contribution < -0.4 is 0 Å². The summed E-state index contributed by atoms with van der Waals surface area (Å²) in [6.45, 7) is 4.33. The van der Waals surface area contributed by atoms with Crippen LogP contribution in [0.3, 0.4) is 0 Å². The zero-order valence-electron chi connectivity index (χ0n) is 13.0. The van der Waals surface area contributed by atoms with Crippen LogP contribution in [0.25, 0.3) is 0 Å². The number of nitrogens with zero attached hydrogens (tertiary/aromatic N) is 1. The maximum atomic E-state index is 12.9. The Bertz CT molecular complexity index is 569. The van der Waals surface area contributed by atoms with Gasteiger partial charge in [0.15, 0.2) is 0 Å². The van der Waals surface area contributed by atoms with E-state index >= 15 is 0 Å². The summed E-state index contributed by atoms with van der Waals surface area (Å²) in [6, 6.07) is 8.27. The van der Waals surface area contributed by atoms with Crippen molar-refractivity contribution < 1.29 is 17.0 Å². The molecule has 6 heteroatoms. The number of rotatable bonds is 6. The van der Waals surface area contributed by atoms with E-state index < -0.39 is 16.0 Å². The van der Waals surface area contributed by atoms with Gasteiger partial charge in [-0.25, -0.2) is 0 Å². The van der Waals surface area contributed by atoms with E-state index in [0.717, 1.165) is 31.4 Å². The second kappa shape index (κ2) is 8.04. The maximum absolute atomic E-state index is 12.9. The molecule has 0 radical (unpaired) electrons. The monoisotopic (exact) mass is 329 g/mol. The van der Waals surface area contributed by atoms with E-state index in [-0.39, 0.29) is 12.6 Å². The molecule has 1 heterocycles. The van der Waals surface area contributed by atoms with Crippen molar-refractivity contribution >= 4 is 10.2 Å². The molecule has 2 rings (SSSR count).